The van der Waals surface area contributed by atoms with E-state index in [4.69, 9.17) is 5.11 Å². The van der Waals surface area contributed by atoms with E-state index >= 15 is 0 Å². The first-order valence-electron chi connectivity index (χ1n) is 9.08. The summed E-state index contributed by atoms with van der Waals surface area (Å²) in [6.07, 6.45) is 4.75. The zero-order valence-electron chi connectivity index (χ0n) is 16.0. The van der Waals surface area contributed by atoms with Crippen molar-refractivity contribution in [1.82, 2.24) is 14.9 Å². The normalized spacial score (nSPS) is 24.8. The van der Waals surface area contributed by atoms with E-state index in [9.17, 15) is 18.0 Å². The van der Waals surface area contributed by atoms with Crippen molar-refractivity contribution in [2.24, 2.45) is 11.3 Å². The number of carbonyl (C=O) groups is 2. The average Bonchev–Trinajstić information content (AvgIpc) is 3.20. The molecule has 26 heavy (non-hydrogen) atoms. The predicted molar refractivity (Wildman–Crippen MR) is 98.1 cm³/mol. The first-order chi connectivity index (χ1) is 11.8. The molecule has 0 saturated heterocycles. The summed E-state index contributed by atoms with van der Waals surface area (Å²) >= 11 is 0. The predicted octanol–water partition coefficient (Wildman–Crippen LogP) is 0.394. The van der Waals surface area contributed by atoms with Crippen LogP contribution in [-0.4, -0.2) is 67.8 Å². The molecule has 0 aromatic rings. The molecule has 1 unspecified atom stereocenters. The van der Waals surface area contributed by atoms with Crippen LogP contribution >= 0.6 is 0 Å². The summed E-state index contributed by atoms with van der Waals surface area (Å²) in [5.41, 5.74) is -0.558. The number of hydrogen-bond acceptors (Lipinski definition) is 5. The van der Waals surface area contributed by atoms with Crippen LogP contribution in [0.5, 0.6) is 0 Å². The molecule has 0 heterocycles. The van der Waals surface area contributed by atoms with Gasteiger partial charge in [0.1, 0.15) is 6.04 Å². The standard InChI is InChI=1S/C17H31N3O5S/c1-17(2,3)15(19-26(4,24)25)16(23)18-12-7-13(8-12)20(10-14(21)22)9-11-5-6-11/h11-13,15,19H,5-10H2,1-4H3,(H,18,23)(H,21,22). The van der Waals surface area contributed by atoms with Gasteiger partial charge in [0.25, 0.3) is 0 Å². The van der Waals surface area contributed by atoms with Crippen LogP contribution in [0.25, 0.3) is 0 Å². The van der Waals surface area contributed by atoms with Gasteiger partial charge in [-0.2, -0.15) is 0 Å². The average molecular weight is 390 g/mol. The molecule has 0 spiro atoms. The van der Waals surface area contributed by atoms with Gasteiger partial charge < -0.3 is 10.4 Å². The van der Waals surface area contributed by atoms with Gasteiger partial charge in [-0.15, -0.1) is 0 Å². The molecule has 2 fully saturated rings. The van der Waals surface area contributed by atoms with Gasteiger partial charge in [-0.3, -0.25) is 14.5 Å². The first-order valence-corrected chi connectivity index (χ1v) is 11.0. The van der Waals surface area contributed by atoms with Crippen LogP contribution in [0.1, 0.15) is 46.5 Å². The van der Waals surface area contributed by atoms with Gasteiger partial charge in [-0.05, 0) is 37.0 Å². The van der Waals surface area contributed by atoms with Gasteiger partial charge in [-0.25, -0.2) is 13.1 Å². The van der Waals surface area contributed by atoms with Crippen molar-refractivity contribution in [2.45, 2.75) is 64.6 Å². The number of carbonyl (C=O) groups excluding carboxylic acids is 1. The fourth-order valence-corrected chi connectivity index (χ4v) is 4.16. The lowest BCUT2D eigenvalue weighted by molar-refractivity contribution is -0.140. The topological polar surface area (TPSA) is 116 Å². The highest BCUT2D eigenvalue weighted by molar-refractivity contribution is 7.88. The third-order valence-electron chi connectivity index (χ3n) is 4.96. The van der Waals surface area contributed by atoms with Crippen molar-refractivity contribution in [3.05, 3.63) is 0 Å². The molecule has 8 nitrogen and oxygen atoms in total. The number of nitrogens with one attached hydrogen (secondary N) is 2. The van der Waals surface area contributed by atoms with Gasteiger partial charge in [0, 0.05) is 18.6 Å². The summed E-state index contributed by atoms with van der Waals surface area (Å²) in [6.45, 7) is 6.26. The quantitative estimate of drug-likeness (QED) is 0.525. The van der Waals surface area contributed by atoms with E-state index in [1.54, 1.807) is 0 Å². The monoisotopic (exact) mass is 389 g/mol. The van der Waals surface area contributed by atoms with Crippen molar-refractivity contribution >= 4 is 21.9 Å². The lowest BCUT2D eigenvalue weighted by Gasteiger charge is -2.43. The highest BCUT2D eigenvalue weighted by Gasteiger charge is 2.40. The number of hydrogen-bond donors (Lipinski definition) is 3. The van der Waals surface area contributed by atoms with Crippen LogP contribution in [0, 0.1) is 11.3 Å². The Morgan fingerprint density at radius 1 is 1.23 bits per heavy atom. The molecule has 0 bridgehead atoms. The molecule has 0 aromatic heterocycles. The number of carboxylic acid groups (broad SMARTS) is 1. The van der Waals surface area contributed by atoms with Crippen LogP contribution in [-0.2, 0) is 19.6 Å². The highest BCUT2D eigenvalue weighted by Crippen LogP contribution is 2.34. The molecule has 2 aliphatic carbocycles. The molecule has 1 amide bonds. The minimum atomic E-state index is -3.50. The lowest BCUT2D eigenvalue weighted by Crippen LogP contribution is -2.60. The molecule has 2 aliphatic rings. The zero-order chi connectivity index (χ0) is 19.7. The van der Waals surface area contributed by atoms with E-state index in [1.807, 2.05) is 25.7 Å². The Morgan fingerprint density at radius 2 is 1.81 bits per heavy atom. The van der Waals surface area contributed by atoms with E-state index in [2.05, 4.69) is 10.0 Å². The third kappa shape index (κ3) is 6.51. The minimum Gasteiger partial charge on any atom is -0.480 e. The minimum absolute atomic E-state index is 0.0298. The van der Waals surface area contributed by atoms with Crippen molar-refractivity contribution < 1.29 is 23.1 Å². The summed E-state index contributed by atoms with van der Waals surface area (Å²) in [5, 5.41) is 12.0. The molecule has 1 atom stereocenters. The molecule has 0 aromatic carbocycles. The van der Waals surface area contributed by atoms with E-state index in [0.29, 0.717) is 18.8 Å². The largest absolute Gasteiger partial charge is 0.480 e. The number of nitrogens with zero attached hydrogens (tertiary/aromatic N) is 1. The lowest BCUT2D eigenvalue weighted by atomic mass is 9.83. The number of sulfonamides is 1. The first kappa shape index (κ1) is 21.1. The maximum absolute atomic E-state index is 12.6. The van der Waals surface area contributed by atoms with Crippen LogP contribution < -0.4 is 10.0 Å². The molecule has 0 aliphatic heterocycles. The fraction of sp³-hybridized carbons (Fsp3) is 0.882. The van der Waals surface area contributed by atoms with Gasteiger partial charge in [0.15, 0.2) is 0 Å². The Labute approximate surface area is 155 Å². The smallest absolute Gasteiger partial charge is 0.317 e. The van der Waals surface area contributed by atoms with Crippen LogP contribution in [0.3, 0.4) is 0 Å². The van der Waals surface area contributed by atoms with E-state index in [-0.39, 0.29) is 24.5 Å². The summed E-state index contributed by atoms with van der Waals surface area (Å²) < 4.78 is 25.5. The molecule has 150 valence electrons. The summed E-state index contributed by atoms with van der Waals surface area (Å²) in [6, 6.07) is -0.736. The van der Waals surface area contributed by atoms with Gasteiger partial charge in [-0.1, -0.05) is 20.8 Å². The van der Waals surface area contributed by atoms with E-state index in [1.165, 1.54) is 0 Å². The SMILES string of the molecule is CC(C)(C)C(NS(C)(=O)=O)C(=O)NC1CC(N(CC(=O)O)CC2CC2)C1. The van der Waals surface area contributed by atoms with E-state index < -0.39 is 27.4 Å². The second-order valence-electron chi connectivity index (χ2n) is 8.79. The summed E-state index contributed by atoms with van der Waals surface area (Å²) in [7, 11) is -3.50. The second kappa shape index (κ2) is 7.82. The molecule has 9 heteroatoms. The molecular formula is C17H31N3O5S. The molecule has 2 rings (SSSR count). The third-order valence-corrected chi connectivity index (χ3v) is 5.63. The molecule has 0 radical (unpaired) electrons. The number of amides is 1. The molecule has 2 saturated carbocycles. The van der Waals surface area contributed by atoms with Crippen LogP contribution in [0.15, 0.2) is 0 Å². The Balaban J connectivity index is 1.88. The summed E-state index contributed by atoms with van der Waals surface area (Å²) in [4.78, 5) is 25.6. The van der Waals surface area contributed by atoms with Crippen molar-refractivity contribution in [2.75, 3.05) is 19.3 Å². The number of carboxylic acids is 1. The second-order valence-corrected chi connectivity index (χ2v) is 10.6. The Kier molecular flexibility index (Phi) is 6.35. The van der Waals surface area contributed by atoms with Crippen molar-refractivity contribution in [1.29, 1.82) is 0 Å². The maximum atomic E-state index is 12.6. The molecule has 3 N–H and O–H groups in total. The number of rotatable bonds is 9. The number of aliphatic carboxylic acids is 1. The van der Waals surface area contributed by atoms with Crippen LogP contribution in [0.4, 0.5) is 0 Å². The van der Waals surface area contributed by atoms with Crippen LogP contribution in [0.2, 0.25) is 0 Å². The highest BCUT2D eigenvalue weighted by atomic mass is 32.2. The van der Waals surface area contributed by atoms with E-state index in [0.717, 1.165) is 25.6 Å². The Hall–Kier alpha value is -1.19. The van der Waals surface area contributed by atoms with Crippen molar-refractivity contribution in [3.8, 4) is 0 Å². The van der Waals surface area contributed by atoms with Gasteiger partial charge in [0.2, 0.25) is 15.9 Å². The van der Waals surface area contributed by atoms with Gasteiger partial charge in [0.05, 0.1) is 12.8 Å². The van der Waals surface area contributed by atoms with Gasteiger partial charge >= 0.3 is 5.97 Å². The zero-order valence-corrected chi connectivity index (χ0v) is 16.8. The summed E-state index contributed by atoms with van der Waals surface area (Å²) in [5.74, 6) is -0.561. The Morgan fingerprint density at radius 3 is 2.23 bits per heavy atom. The van der Waals surface area contributed by atoms with Crippen molar-refractivity contribution in [3.63, 3.8) is 0 Å². The Bertz CT molecular complexity index is 633. The fourth-order valence-electron chi connectivity index (χ4n) is 3.27. The molecular weight excluding hydrogens is 358 g/mol. The maximum Gasteiger partial charge on any atom is 0.317 e.